The smallest absolute Gasteiger partial charge is 0.322 e. The van der Waals surface area contributed by atoms with E-state index < -0.39 is 28.5 Å². The molecule has 2 aromatic rings. The number of nitrogens with one attached hydrogen (secondary N) is 1. The second-order valence-electron chi connectivity index (χ2n) is 6.90. The number of benzene rings is 2. The van der Waals surface area contributed by atoms with Crippen molar-refractivity contribution in [3.63, 3.8) is 0 Å². The van der Waals surface area contributed by atoms with E-state index in [-0.39, 0.29) is 11.3 Å². The molecule has 1 N–H and O–H groups in total. The van der Waals surface area contributed by atoms with Crippen molar-refractivity contribution in [1.29, 1.82) is 0 Å². The molecule has 2 aromatic carbocycles. The Bertz CT molecular complexity index is 950. The van der Waals surface area contributed by atoms with Gasteiger partial charge in [-0.1, -0.05) is 12.1 Å². The van der Waals surface area contributed by atoms with E-state index in [9.17, 15) is 26.4 Å². The fourth-order valence-corrected chi connectivity index (χ4v) is 4.62. The second kappa shape index (κ2) is 8.54. The zero-order valence-corrected chi connectivity index (χ0v) is 16.4. The van der Waals surface area contributed by atoms with E-state index in [0.717, 1.165) is 12.8 Å². The van der Waals surface area contributed by atoms with Gasteiger partial charge in [0.15, 0.2) is 0 Å². The Labute approximate surface area is 167 Å². The molecular formula is C20H21F3N2O3S. The van der Waals surface area contributed by atoms with E-state index in [4.69, 9.17) is 0 Å². The lowest BCUT2D eigenvalue weighted by molar-refractivity contribution is -0.134. The van der Waals surface area contributed by atoms with E-state index in [1.807, 2.05) is 0 Å². The van der Waals surface area contributed by atoms with Crippen molar-refractivity contribution >= 4 is 21.6 Å². The lowest BCUT2D eigenvalue weighted by atomic mass is 10.1. The number of aryl methyl sites for hydroxylation is 1. The number of sulfonamides is 1. The SMILES string of the molecule is O=C(Nc1ccc(S(=O)(=O)N2CCCC2)cc1)c1ccc(CCC(F)(F)F)cc1. The molecule has 1 saturated heterocycles. The number of hydrogen-bond donors (Lipinski definition) is 1. The first-order chi connectivity index (χ1) is 13.6. The molecule has 1 aliphatic rings. The third-order valence-electron chi connectivity index (χ3n) is 4.73. The molecule has 0 unspecified atom stereocenters. The molecule has 5 nitrogen and oxygen atoms in total. The Kier molecular flexibility index (Phi) is 6.28. The van der Waals surface area contributed by atoms with Gasteiger partial charge < -0.3 is 5.32 Å². The summed E-state index contributed by atoms with van der Waals surface area (Å²) in [5.41, 5.74) is 1.22. The zero-order valence-electron chi connectivity index (χ0n) is 15.6. The molecule has 3 rings (SSSR count). The van der Waals surface area contributed by atoms with Gasteiger partial charge in [0.25, 0.3) is 5.91 Å². The summed E-state index contributed by atoms with van der Waals surface area (Å²) in [6.07, 6.45) is -3.57. The molecule has 1 fully saturated rings. The van der Waals surface area contributed by atoms with Crippen LogP contribution in [-0.4, -0.2) is 37.9 Å². The average Bonchev–Trinajstić information content (AvgIpc) is 3.22. The molecule has 0 saturated carbocycles. The number of amides is 1. The monoisotopic (exact) mass is 426 g/mol. The summed E-state index contributed by atoms with van der Waals surface area (Å²) in [6, 6.07) is 11.8. The Morgan fingerprint density at radius 3 is 2.10 bits per heavy atom. The Morgan fingerprint density at radius 1 is 0.966 bits per heavy atom. The number of alkyl halides is 3. The zero-order chi connectivity index (χ0) is 21.1. The van der Waals surface area contributed by atoms with Crippen molar-refractivity contribution < 1.29 is 26.4 Å². The number of carbonyl (C=O) groups is 1. The van der Waals surface area contributed by atoms with E-state index in [1.165, 1.54) is 52.8 Å². The molecule has 0 radical (unpaired) electrons. The summed E-state index contributed by atoms with van der Waals surface area (Å²) in [7, 11) is -3.52. The van der Waals surface area contributed by atoms with Crippen LogP contribution < -0.4 is 5.32 Å². The second-order valence-corrected chi connectivity index (χ2v) is 8.84. The fraction of sp³-hybridized carbons (Fsp3) is 0.350. The number of carbonyl (C=O) groups excluding carboxylic acids is 1. The van der Waals surface area contributed by atoms with Crippen LogP contribution in [-0.2, 0) is 16.4 Å². The molecule has 1 heterocycles. The van der Waals surface area contributed by atoms with E-state index in [2.05, 4.69) is 5.32 Å². The maximum Gasteiger partial charge on any atom is 0.389 e. The summed E-state index contributed by atoms with van der Waals surface area (Å²) < 4.78 is 63.3. The minimum absolute atomic E-state index is 0.141. The highest BCUT2D eigenvalue weighted by Gasteiger charge is 2.27. The van der Waals surface area contributed by atoms with Crippen LogP contribution in [0.4, 0.5) is 18.9 Å². The third-order valence-corrected chi connectivity index (χ3v) is 6.64. The summed E-state index contributed by atoms with van der Waals surface area (Å²) in [4.78, 5) is 12.5. The minimum atomic E-state index is -4.22. The van der Waals surface area contributed by atoms with Crippen molar-refractivity contribution in [3.8, 4) is 0 Å². The van der Waals surface area contributed by atoms with Crippen molar-refractivity contribution in [3.05, 3.63) is 59.7 Å². The van der Waals surface area contributed by atoms with Crippen LogP contribution in [0.3, 0.4) is 0 Å². The van der Waals surface area contributed by atoms with Crippen molar-refractivity contribution in [2.24, 2.45) is 0 Å². The van der Waals surface area contributed by atoms with Gasteiger partial charge in [-0.25, -0.2) is 8.42 Å². The molecule has 0 atom stereocenters. The standard InChI is InChI=1S/C20H21F3N2O3S/c21-20(22,23)12-11-15-3-5-16(6-4-15)19(26)24-17-7-9-18(10-8-17)29(27,28)25-13-1-2-14-25/h3-10H,1-2,11-14H2,(H,24,26). The molecule has 0 spiro atoms. The van der Waals surface area contributed by atoms with Crippen LogP contribution in [0.5, 0.6) is 0 Å². The van der Waals surface area contributed by atoms with Gasteiger partial charge >= 0.3 is 6.18 Å². The van der Waals surface area contributed by atoms with Gasteiger partial charge in [-0.2, -0.15) is 17.5 Å². The van der Waals surface area contributed by atoms with Crippen LogP contribution in [0.15, 0.2) is 53.4 Å². The highest BCUT2D eigenvalue weighted by atomic mass is 32.2. The number of halogens is 3. The highest BCUT2D eigenvalue weighted by molar-refractivity contribution is 7.89. The quantitative estimate of drug-likeness (QED) is 0.752. The molecule has 0 aromatic heterocycles. The predicted octanol–water partition coefficient (Wildman–Crippen LogP) is 4.22. The molecule has 9 heteroatoms. The number of hydrogen-bond acceptors (Lipinski definition) is 3. The first-order valence-corrected chi connectivity index (χ1v) is 10.7. The molecule has 1 amide bonds. The van der Waals surface area contributed by atoms with Gasteiger partial charge in [-0.15, -0.1) is 0 Å². The van der Waals surface area contributed by atoms with Gasteiger partial charge in [-0.3, -0.25) is 4.79 Å². The number of anilines is 1. The van der Waals surface area contributed by atoms with Gasteiger partial charge in [-0.05, 0) is 61.2 Å². The number of nitrogens with zero attached hydrogens (tertiary/aromatic N) is 1. The minimum Gasteiger partial charge on any atom is -0.322 e. The topological polar surface area (TPSA) is 66.5 Å². The van der Waals surface area contributed by atoms with Crippen LogP contribution in [0.1, 0.15) is 35.2 Å². The van der Waals surface area contributed by atoms with Crippen LogP contribution in [0.2, 0.25) is 0 Å². The Balaban J connectivity index is 1.62. The first-order valence-electron chi connectivity index (χ1n) is 9.22. The highest BCUT2D eigenvalue weighted by Crippen LogP contribution is 2.23. The van der Waals surface area contributed by atoms with Gasteiger partial charge in [0.05, 0.1) is 4.90 Å². The molecule has 29 heavy (non-hydrogen) atoms. The first kappa shape index (κ1) is 21.3. The van der Waals surface area contributed by atoms with E-state index >= 15 is 0 Å². The summed E-state index contributed by atoms with van der Waals surface area (Å²) in [6.45, 7) is 1.03. The Hall–Kier alpha value is -2.39. The molecule has 0 aliphatic carbocycles. The van der Waals surface area contributed by atoms with Crippen molar-refractivity contribution in [1.82, 2.24) is 4.31 Å². The van der Waals surface area contributed by atoms with Gasteiger partial charge in [0.2, 0.25) is 10.0 Å². The molecule has 1 aliphatic heterocycles. The van der Waals surface area contributed by atoms with Crippen LogP contribution in [0.25, 0.3) is 0 Å². The van der Waals surface area contributed by atoms with Gasteiger partial charge in [0, 0.05) is 30.8 Å². The maximum atomic E-state index is 12.5. The van der Waals surface area contributed by atoms with Gasteiger partial charge in [0.1, 0.15) is 0 Å². The molecule has 156 valence electrons. The Morgan fingerprint density at radius 2 is 1.55 bits per heavy atom. The summed E-state index contributed by atoms with van der Waals surface area (Å²) >= 11 is 0. The number of rotatable bonds is 6. The van der Waals surface area contributed by atoms with Crippen molar-refractivity contribution in [2.75, 3.05) is 18.4 Å². The molecule has 0 bridgehead atoms. The normalized spacial score (nSPS) is 15.4. The summed E-state index contributed by atoms with van der Waals surface area (Å²) in [5.74, 6) is -0.428. The fourth-order valence-electron chi connectivity index (χ4n) is 3.10. The maximum absolute atomic E-state index is 12.5. The lowest BCUT2D eigenvalue weighted by Crippen LogP contribution is -2.27. The average molecular weight is 426 g/mol. The van der Waals surface area contributed by atoms with Crippen LogP contribution in [0, 0.1) is 0 Å². The van der Waals surface area contributed by atoms with E-state index in [1.54, 1.807) is 0 Å². The van der Waals surface area contributed by atoms with Crippen LogP contribution >= 0.6 is 0 Å². The van der Waals surface area contributed by atoms with Crippen molar-refractivity contribution in [2.45, 2.75) is 36.8 Å². The lowest BCUT2D eigenvalue weighted by Gasteiger charge is -2.15. The molecular weight excluding hydrogens is 405 g/mol. The third kappa shape index (κ3) is 5.57. The largest absolute Gasteiger partial charge is 0.389 e. The summed E-state index contributed by atoms with van der Waals surface area (Å²) in [5, 5.41) is 2.65. The predicted molar refractivity (Wildman–Crippen MR) is 103 cm³/mol. The van der Waals surface area contributed by atoms with E-state index in [0.29, 0.717) is 29.9 Å².